The number of ether oxygens (including phenoxy) is 1. The average molecular weight is 230 g/mol. The fraction of sp³-hybridized carbons (Fsp3) is 0.545. The zero-order valence-corrected chi connectivity index (χ0v) is 10.1. The van der Waals surface area contributed by atoms with E-state index in [1.54, 1.807) is 6.92 Å². The lowest BCUT2D eigenvalue weighted by Gasteiger charge is -1.95. The number of esters is 1. The van der Waals surface area contributed by atoms with Crippen molar-refractivity contribution < 1.29 is 24.2 Å². The van der Waals surface area contributed by atoms with Crippen LogP contribution in [0.15, 0.2) is 11.6 Å². The summed E-state index contributed by atoms with van der Waals surface area (Å²) in [6.45, 7) is 4.97. The summed E-state index contributed by atoms with van der Waals surface area (Å²) in [7, 11) is 1.38. The molecule has 1 N–H and O–H groups in total. The van der Waals surface area contributed by atoms with E-state index < -0.39 is 5.97 Å². The van der Waals surface area contributed by atoms with Crippen LogP contribution >= 0.6 is 0 Å². The molecule has 0 radical (unpaired) electrons. The number of hydrogen-bond donors (Lipinski definition) is 1. The molecule has 0 fully saturated rings. The lowest BCUT2D eigenvalue weighted by atomic mass is 10.2. The number of Topliss-reactive ketones (excluding diaryl/α,β-unsaturated/α-hetero) is 1. The van der Waals surface area contributed by atoms with Crippen molar-refractivity contribution in [1.29, 1.82) is 0 Å². The van der Waals surface area contributed by atoms with Gasteiger partial charge in [-0.15, -0.1) is 0 Å². The number of aliphatic carboxylic acids is 1. The maximum Gasteiger partial charge on any atom is 0.333 e. The number of hydrogen-bond acceptors (Lipinski definition) is 4. The van der Waals surface area contributed by atoms with E-state index in [2.05, 4.69) is 4.74 Å². The van der Waals surface area contributed by atoms with Gasteiger partial charge in [0.15, 0.2) is 0 Å². The molecular formula is C11H18O5. The second-order valence-electron chi connectivity index (χ2n) is 3.06. The highest BCUT2D eigenvalue weighted by molar-refractivity contribution is 5.93. The summed E-state index contributed by atoms with van der Waals surface area (Å²) in [5, 5.41) is 7.86. The first-order valence-electron chi connectivity index (χ1n) is 4.81. The van der Waals surface area contributed by atoms with Gasteiger partial charge in [-0.05, 0) is 20.3 Å². The van der Waals surface area contributed by atoms with E-state index in [9.17, 15) is 14.4 Å². The number of ketones is 1. The van der Waals surface area contributed by atoms with Crippen molar-refractivity contribution in [3.63, 3.8) is 0 Å². The van der Waals surface area contributed by atoms with Crippen LogP contribution in [0.25, 0.3) is 0 Å². The molecule has 0 unspecified atom stereocenters. The molecule has 0 aromatic carbocycles. The van der Waals surface area contributed by atoms with E-state index in [4.69, 9.17) is 5.11 Å². The predicted octanol–water partition coefficient (Wildman–Crippen LogP) is 1.57. The smallest absolute Gasteiger partial charge is 0.333 e. The van der Waals surface area contributed by atoms with Crippen LogP contribution in [-0.2, 0) is 19.1 Å². The molecule has 5 nitrogen and oxygen atoms in total. The van der Waals surface area contributed by atoms with Crippen LogP contribution in [0, 0.1) is 0 Å². The zero-order valence-electron chi connectivity index (χ0n) is 10.1. The summed E-state index contributed by atoms with van der Waals surface area (Å²) < 4.78 is 4.46. The second-order valence-corrected chi connectivity index (χ2v) is 3.06. The van der Waals surface area contributed by atoms with Gasteiger partial charge in [-0.2, -0.15) is 0 Å². The molecule has 5 heteroatoms. The number of carboxylic acids is 1. The summed E-state index contributed by atoms with van der Waals surface area (Å²) >= 11 is 0. The largest absolute Gasteiger partial charge is 0.481 e. The van der Waals surface area contributed by atoms with Gasteiger partial charge in [-0.1, -0.05) is 13.0 Å². The zero-order chi connectivity index (χ0) is 13.1. The molecule has 0 spiro atoms. The monoisotopic (exact) mass is 230 g/mol. The van der Waals surface area contributed by atoms with Gasteiger partial charge in [0.25, 0.3) is 0 Å². The molecule has 0 aliphatic heterocycles. The average Bonchev–Trinajstić information content (AvgIpc) is 2.15. The Kier molecular flexibility index (Phi) is 10.4. The Bertz CT molecular complexity index is 266. The Labute approximate surface area is 95.1 Å². The van der Waals surface area contributed by atoms with Crippen LogP contribution in [-0.4, -0.2) is 29.9 Å². The molecule has 0 rings (SSSR count). The first kappa shape index (κ1) is 16.8. The minimum Gasteiger partial charge on any atom is -0.481 e. The van der Waals surface area contributed by atoms with Crippen LogP contribution in [0.3, 0.4) is 0 Å². The molecule has 92 valence electrons. The number of rotatable bonds is 4. The van der Waals surface area contributed by atoms with Crippen molar-refractivity contribution in [2.75, 3.05) is 7.11 Å². The third-order valence-corrected chi connectivity index (χ3v) is 1.42. The van der Waals surface area contributed by atoms with Gasteiger partial charge < -0.3 is 9.84 Å². The maximum atomic E-state index is 10.6. The molecule has 0 heterocycles. The predicted molar refractivity (Wildman–Crippen MR) is 59.0 cm³/mol. The van der Waals surface area contributed by atoms with Gasteiger partial charge in [0, 0.05) is 5.57 Å². The van der Waals surface area contributed by atoms with Crippen molar-refractivity contribution in [2.24, 2.45) is 0 Å². The van der Waals surface area contributed by atoms with Crippen LogP contribution < -0.4 is 0 Å². The Morgan fingerprint density at radius 1 is 1.25 bits per heavy atom. The minimum absolute atomic E-state index is 0.239. The standard InChI is InChI=1S/C7H12O2.C4H6O3/c1-4-5-6(2)7(8)9-3;1-3(5)2-4(6)7/h5H,4H2,1-3H3;2H2,1H3,(H,6,7). The van der Waals surface area contributed by atoms with Crippen molar-refractivity contribution in [3.8, 4) is 0 Å². The molecular weight excluding hydrogens is 212 g/mol. The summed E-state index contributed by atoms with van der Waals surface area (Å²) in [6, 6.07) is 0. The first-order chi connectivity index (χ1) is 7.34. The number of carboxylic acid groups (broad SMARTS) is 1. The summed E-state index contributed by atoms with van der Waals surface area (Å²) in [5.41, 5.74) is 0.681. The molecule has 0 aliphatic carbocycles. The molecule has 0 aliphatic rings. The summed E-state index contributed by atoms with van der Waals surface area (Å²) in [6.07, 6.45) is 2.35. The van der Waals surface area contributed by atoms with E-state index in [0.717, 1.165) is 6.42 Å². The molecule has 16 heavy (non-hydrogen) atoms. The van der Waals surface area contributed by atoms with Gasteiger partial charge in [0.05, 0.1) is 7.11 Å². The highest BCUT2D eigenvalue weighted by atomic mass is 16.5. The molecule has 0 aromatic heterocycles. The molecule has 0 aromatic rings. The fourth-order valence-corrected chi connectivity index (χ4v) is 0.763. The van der Waals surface area contributed by atoms with E-state index in [1.165, 1.54) is 14.0 Å². The van der Waals surface area contributed by atoms with Crippen LogP contribution in [0.1, 0.15) is 33.6 Å². The fourth-order valence-electron chi connectivity index (χ4n) is 0.763. The van der Waals surface area contributed by atoms with Gasteiger partial charge in [0.1, 0.15) is 12.2 Å². The third kappa shape index (κ3) is 12.3. The van der Waals surface area contributed by atoms with Crippen LogP contribution in [0.5, 0.6) is 0 Å². The molecule has 0 bridgehead atoms. The van der Waals surface area contributed by atoms with Gasteiger partial charge >= 0.3 is 11.9 Å². The van der Waals surface area contributed by atoms with E-state index >= 15 is 0 Å². The molecule has 0 atom stereocenters. The highest BCUT2D eigenvalue weighted by Gasteiger charge is 1.99. The molecule has 0 amide bonds. The van der Waals surface area contributed by atoms with E-state index in [-0.39, 0.29) is 18.2 Å². The Morgan fingerprint density at radius 3 is 1.94 bits per heavy atom. The topological polar surface area (TPSA) is 80.7 Å². The number of allylic oxidation sites excluding steroid dienone is 1. The van der Waals surface area contributed by atoms with Crippen molar-refractivity contribution in [1.82, 2.24) is 0 Å². The number of carbonyl (C=O) groups excluding carboxylic acids is 2. The number of carbonyl (C=O) groups is 3. The summed E-state index contributed by atoms with van der Waals surface area (Å²) in [4.78, 5) is 30.1. The molecule has 0 saturated carbocycles. The van der Waals surface area contributed by atoms with Crippen molar-refractivity contribution >= 4 is 17.7 Å². The summed E-state index contributed by atoms with van der Waals surface area (Å²) in [5.74, 6) is -1.61. The maximum absolute atomic E-state index is 10.6. The lowest BCUT2D eigenvalue weighted by molar-refractivity contribution is -0.140. The van der Waals surface area contributed by atoms with E-state index in [0.29, 0.717) is 5.57 Å². The minimum atomic E-state index is -1.06. The van der Waals surface area contributed by atoms with Crippen LogP contribution in [0.2, 0.25) is 0 Å². The van der Waals surface area contributed by atoms with Crippen molar-refractivity contribution in [3.05, 3.63) is 11.6 Å². The number of methoxy groups -OCH3 is 1. The van der Waals surface area contributed by atoms with Gasteiger partial charge in [-0.25, -0.2) is 4.79 Å². The van der Waals surface area contributed by atoms with Gasteiger partial charge in [-0.3, -0.25) is 9.59 Å². The second kappa shape index (κ2) is 9.89. The van der Waals surface area contributed by atoms with Gasteiger partial charge in [0.2, 0.25) is 0 Å². The SMILES string of the molecule is CC(=O)CC(=O)O.CCC=C(C)C(=O)OC. The van der Waals surface area contributed by atoms with Crippen LogP contribution in [0.4, 0.5) is 0 Å². The molecule has 0 saturated heterocycles. The Hall–Kier alpha value is -1.65. The van der Waals surface area contributed by atoms with E-state index in [1.807, 2.05) is 13.0 Å². The Balaban J connectivity index is 0. The third-order valence-electron chi connectivity index (χ3n) is 1.42. The van der Waals surface area contributed by atoms with Crippen molar-refractivity contribution in [2.45, 2.75) is 33.6 Å². The first-order valence-corrected chi connectivity index (χ1v) is 4.81. The highest BCUT2D eigenvalue weighted by Crippen LogP contribution is 1.96. The lowest BCUT2D eigenvalue weighted by Crippen LogP contribution is -2.00. The quantitative estimate of drug-likeness (QED) is 0.450. The Morgan fingerprint density at radius 2 is 1.75 bits per heavy atom. The normalized spacial score (nSPS) is 9.88.